The molecular weight excluding hydrogens is 210 g/mol. The summed E-state index contributed by atoms with van der Waals surface area (Å²) in [6.07, 6.45) is 3.28. The highest BCUT2D eigenvalue weighted by Gasteiger charge is 2.17. The van der Waals surface area contributed by atoms with E-state index in [4.69, 9.17) is 5.26 Å². The molecule has 1 aliphatic carbocycles. The number of hydrogen-bond acceptors (Lipinski definition) is 3. The summed E-state index contributed by atoms with van der Waals surface area (Å²) in [6, 6.07) is 4.24. The van der Waals surface area contributed by atoms with Gasteiger partial charge < -0.3 is 5.32 Å². The van der Waals surface area contributed by atoms with Crippen LogP contribution < -0.4 is 5.32 Å². The third-order valence-corrected chi connectivity index (χ3v) is 2.96. The highest BCUT2D eigenvalue weighted by atomic mass is 15.0. The van der Waals surface area contributed by atoms with Crippen molar-refractivity contribution in [3.63, 3.8) is 0 Å². The van der Waals surface area contributed by atoms with Crippen LogP contribution in [0.2, 0.25) is 0 Å². The number of rotatable bonds is 2. The summed E-state index contributed by atoms with van der Waals surface area (Å²) in [5, 5.41) is 12.4. The van der Waals surface area contributed by atoms with Gasteiger partial charge >= 0.3 is 0 Å². The minimum absolute atomic E-state index is 0.188. The Bertz CT molecular complexity index is 464. The summed E-state index contributed by atoms with van der Waals surface area (Å²) >= 11 is 0. The van der Waals surface area contributed by atoms with Crippen LogP contribution in [0, 0.1) is 16.7 Å². The first-order valence-corrected chi connectivity index (χ1v) is 6.16. The van der Waals surface area contributed by atoms with E-state index in [1.807, 2.05) is 6.07 Å². The van der Waals surface area contributed by atoms with Crippen molar-refractivity contribution in [3.8, 4) is 6.07 Å². The standard InChI is InChI=1S/C14H19N3/c1-14(2,3)9-16-13-11(8-15)7-10-5-4-6-12(10)17-13/h7H,4-6,9H2,1-3H3,(H,16,17). The van der Waals surface area contributed by atoms with Crippen LogP contribution in [0.4, 0.5) is 5.82 Å². The van der Waals surface area contributed by atoms with Gasteiger partial charge in [-0.2, -0.15) is 5.26 Å². The fraction of sp³-hybridized carbons (Fsp3) is 0.571. The van der Waals surface area contributed by atoms with Gasteiger partial charge in [0, 0.05) is 12.2 Å². The van der Waals surface area contributed by atoms with Gasteiger partial charge in [0.25, 0.3) is 0 Å². The first kappa shape index (κ1) is 11.9. The zero-order valence-corrected chi connectivity index (χ0v) is 10.8. The first-order valence-electron chi connectivity index (χ1n) is 6.16. The van der Waals surface area contributed by atoms with Gasteiger partial charge in [0.05, 0.1) is 5.56 Å². The van der Waals surface area contributed by atoms with Crippen molar-refractivity contribution in [2.75, 3.05) is 11.9 Å². The molecular formula is C14H19N3. The number of aromatic nitrogens is 1. The smallest absolute Gasteiger partial charge is 0.144 e. The van der Waals surface area contributed by atoms with Gasteiger partial charge in [0.1, 0.15) is 11.9 Å². The first-order chi connectivity index (χ1) is 7.99. The fourth-order valence-electron chi connectivity index (χ4n) is 2.04. The molecule has 0 spiro atoms. The highest BCUT2D eigenvalue weighted by molar-refractivity contribution is 5.55. The van der Waals surface area contributed by atoms with Gasteiger partial charge in [-0.1, -0.05) is 20.8 Å². The van der Waals surface area contributed by atoms with E-state index in [0.29, 0.717) is 5.56 Å². The Kier molecular flexibility index (Phi) is 3.06. The van der Waals surface area contributed by atoms with E-state index in [9.17, 15) is 0 Å². The molecule has 0 bridgehead atoms. The fourth-order valence-corrected chi connectivity index (χ4v) is 2.04. The quantitative estimate of drug-likeness (QED) is 0.848. The summed E-state index contributed by atoms with van der Waals surface area (Å²) in [5.41, 5.74) is 3.28. The molecule has 0 unspecified atom stereocenters. The van der Waals surface area contributed by atoms with Crippen LogP contribution >= 0.6 is 0 Å². The van der Waals surface area contributed by atoms with Crippen molar-refractivity contribution < 1.29 is 0 Å². The van der Waals surface area contributed by atoms with Crippen LogP contribution in [0.25, 0.3) is 0 Å². The zero-order chi connectivity index (χ0) is 12.5. The van der Waals surface area contributed by atoms with Crippen molar-refractivity contribution in [3.05, 3.63) is 22.9 Å². The van der Waals surface area contributed by atoms with Crippen molar-refractivity contribution in [2.45, 2.75) is 40.0 Å². The van der Waals surface area contributed by atoms with Gasteiger partial charge in [-0.25, -0.2) is 4.98 Å². The van der Waals surface area contributed by atoms with Crippen LogP contribution in [0.15, 0.2) is 6.07 Å². The molecule has 0 aliphatic heterocycles. The predicted octanol–water partition coefficient (Wildman–Crippen LogP) is 2.90. The van der Waals surface area contributed by atoms with E-state index in [2.05, 4.69) is 37.1 Å². The van der Waals surface area contributed by atoms with E-state index in [-0.39, 0.29) is 5.41 Å². The minimum Gasteiger partial charge on any atom is -0.368 e. The number of nitriles is 1. The lowest BCUT2D eigenvalue weighted by molar-refractivity contribution is 0.442. The van der Waals surface area contributed by atoms with Crippen LogP contribution in [0.5, 0.6) is 0 Å². The highest BCUT2D eigenvalue weighted by Crippen LogP contribution is 2.25. The van der Waals surface area contributed by atoms with Crippen LogP contribution in [-0.4, -0.2) is 11.5 Å². The molecule has 0 saturated carbocycles. The summed E-state index contributed by atoms with van der Waals surface area (Å²) in [5.74, 6) is 0.753. The molecule has 2 rings (SSSR count). The van der Waals surface area contributed by atoms with E-state index >= 15 is 0 Å². The largest absolute Gasteiger partial charge is 0.368 e. The molecule has 1 N–H and O–H groups in total. The maximum atomic E-state index is 9.15. The number of anilines is 1. The number of pyridine rings is 1. The van der Waals surface area contributed by atoms with E-state index in [1.54, 1.807) is 0 Å². The Morgan fingerprint density at radius 3 is 2.82 bits per heavy atom. The molecule has 1 aliphatic rings. The average Bonchev–Trinajstić information content (AvgIpc) is 2.70. The van der Waals surface area contributed by atoms with Crippen LogP contribution in [0.1, 0.15) is 44.0 Å². The lowest BCUT2D eigenvalue weighted by Crippen LogP contribution is -2.20. The van der Waals surface area contributed by atoms with Gasteiger partial charge in [-0.15, -0.1) is 0 Å². The molecule has 0 aromatic carbocycles. The molecule has 17 heavy (non-hydrogen) atoms. The Morgan fingerprint density at radius 2 is 2.18 bits per heavy atom. The second-order valence-corrected chi connectivity index (χ2v) is 5.87. The SMILES string of the molecule is CC(C)(C)CNc1nc2c(cc1C#N)CCC2. The monoisotopic (exact) mass is 229 g/mol. The molecule has 0 amide bonds. The maximum Gasteiger partial charge on any atom is 0.144 e. The third kappa shape index (κ3) is 2.76. The average molecular weight is 229 g/mol. The van der Waals surface area contributed by atoms with Crippen LogP contribution in [-0.2, 0) is 12.8 Å². The van der Waals surface area contributed by atoms with Gasteiger partial charge in [-0.05, 0) is 36.3 Å². The summed E-state index contributed by atoms with van der Waals surface area (Å²) in [7, 11) is 0. The zero-order valence-electron chi connectivity index (χ0n) is 10.8. The molecule has 0 atom stereocenters. The summed E-state index contributed by atoms with van der Waals surface area (Å²) < 4.78 is 0. The molecule has 0 saturated heterocycles. The van der Waals surface area contributed by atoms with Gasteiger partial charge in [0.2, 0.25) is 0 Å². The van der Waals surface area contributed by atoms with E-state index in [0.717, 1.165) is 31.6 Å². The molecule has 3 heteroatoms. The number of nitrogens with zero attached hydrogens (tertiary/aromatic N) is 2. The Morgan fingerprint density at radius 1 is 1.41 bits per heavy atom. The number of aryl methyl sites for hydroxylation is 2. The van der Waals surface area contributed by atoms with Crippen molar-refractivity contribution >= 4 is 5.82 Å². The summed E-state index contributed by atoms with van der Waals surface area (Å²) in [6.45, 7) is 7.33. The van der Waals surface area contributed by atoms with Crippen molar-refractivity contribution in [1.82, 2.24) is 4.98 Å². The number of hydrogen-bond donors (Lipinski definition) is 1. The molecule has 1 heterocycles. The van der Waals surface area contributed by atoms with Crippen molar-refractivity contribution in [2.24, 2.45) is 5.41 Å². The van der Waals surface area contributed by atoms with E-state index in [1.165, 1.54) is 11.3 Å². The number of nitrogens with one attached hydrogen (secondary N) is 1. The topological polar surface area (TPSA) is 48.7 Å². The molecule has 90 valence electrons. The molecule has 3 nitrogen and oxygen atoms in total. The Balaban J connectivity index is 2.25. The van der Waals surface area contributed by atoms with Crippen molar-refractivity contribution in [1.29, 1.82) is 5.26 Å². The number of fused-ring (bicyclic) bond motifs is 1. The molecule has 1 aromatic heterocycles. The molecule has 0 radical (unpaired) electrons. The normalized spacial score (nSPS) is 14.2. The Labute approximate surface area is 103 Å². The minimum atomic E-state index is 0.188. The second-order valence-electron chi connectivity index (χ2n) is 5.87. The molecule has 0 fully saturated rings. The predicted molar refractivity (Wildman–Crippen MR) is 68.9 cm³/mol. The van der Waals surface area contributed by atoms with E-state index < -0.39 is 0 Å². The van der Waals surface area contributed by atoms with Crippen LogP contribution in [0.3, 0.4) is 0 Å². The Hall–Kier alpha value is -1.56. The lowest BCUT2D eigenvalue weighted by atomic mass is 9.97. The summed E-state index contributed by atoms with van der Waals surface area (Å²) in [4.78, 5) is 4.59. The third-order valence-electron chi connectivity index (χ3n) is 2.96. The van der Waals surface area contributed by atoms with Gasteiger partial charge in [0.15, 0.2) is 0 Å². The molecule has 1 aromatic rings. The second kappa shape index (κ2) is 4.37. The maximum absolute atomic E-state index is 9.15. The van der Waals surface area contributed by atoms with Gasteiger partial charge in [-0.3, -0.25) is 0 Å². The lowest BCUT2D eigenvalue weighted by Gasteiger charge is -2.20.